The number of nitrogens with zero attached hydrogens (tertiary/aromatic N) is 5. The second kappa shape index (κ2) is 8.38. The smallest absolute Gasteiger partial charge is 0.170 e. The molecule has 4 unspecified atom stereocenters. The van der Waals surface area contributed by atoms with Gasteiger partial charge in [0.25, 0.3) is 0 Å². The van der Waals surface area contributed by atoms with Gasteiger partial charge >= 0.3 is 0 Å². The third-order valence-corrected chi connectivity index (χ3v) is 8.55. The summed E-state index contributed by atoms with van der Waals surface area (Å²) in [6, 6.07) is 33.5. The summed E-state index contributed by atoms with van der Waals surface area (Å²) in [5, 5.41) is 11.0. The first-order chi connectivity index (χ1) is 20.2. The van der Waals surface area contributed by atoms with Crippen molar-refractivity contribution < 1.29 is 0 Å². The standard InChI is InChI=1S/C33H26N8/c1-41-32-24-16-8-9-17-25(24)33(41)40-31-23-15-7-5-13-21(23)29(38-31)36-27-19-11-3-2-10-18(19)26(34-27)35-28-20-12-4-6-14-22(20)30(37-28)39-32/h2-17,26,29-30,33H,1H3,(H,34,36)(H,35,37)(H,38,40). The number of benzene rings is 4. The molecule has 8 nitrogen and oxygen atoms in total. The lowest BCUT2D eigenvalue weighted by Gasteiger charge is -2.21. The molecule has 5 aliphatic rings. The molecule has 4 atom stereocenters. The first-order valence-corrected chi connectivity index (χ1v) is 13.9. The van der Waals surface area contributed by atoms with Crippen LogP contribution in [0.4, 0.5) is 0 Å². The van der Waals surface area contributed by atoms with Crippen molar-refractivity contribution in [3.63, 3.8) is 0 Å². The van der Waals surface area contributed by atoms with Crippen molar-refractivity contribution in [3.05, 3.63) is 142 Å². The maximum Gasteiger partial charge on any atom is 0.170 e. The minimum absolute atomic E-state index is 0.180. The molecule has 0 aromatic heterocycles. The SMILES string of the molecule is CN1C2=NC3N=C(NC4NC(=NC5NC(=NC1c1ccccc12)c1ccccc15)c1ccccc14)c1ccccc13. The van der Waals surface area contributed by atoms with Crippen LogP contribution in [-0.2, 0) is 0 Å². The minimum Gasteiger partial charge on any atom is -0.346 e. The van der Waals surface area contributed by atoms with Crippen molar-refractivity contribution >= 4 is 23.3 Å². The Morgan fingerprint density at radius 2 is 1.05 bits per heavy atom. The molecule has 198 valence electrons. The second-order valence-electron chi connectivity index (χ2n) is 10.9. The average molecular weight is 535 g/mol. The topological polar surface area (TPSA) is 88.8 Å². The Balaban J connectivity index is 1.28. The summed E-state index contributed by atoms with van der Waals surface area (Å²) in [4.78, 5) is 23.1. The van der Waals surface area contributed by atoms with E-state index in [0.29, 0.717) is 0 Å². The maximum absolute atomic E-state index is 5.31. The molecule has 8 heteroatoms. The van der Waals surface area contributed by atoms with Crippen LogP contribution in [-0.4, -0.2) is 35.3 Å². The van der Waals surface area contributed by atoms with Gasteiger partial charge in [0.05, 0.1) is 0 Å². The quantitative estimate of drug-likeness (QED) is 0.309. The zero-order valence-corrected chi connectivity index (χ0v) is 22.3. The predicted octanol–water partition coefficient (Wildman–Crippen LogP) is 4.54. The van der Waals surface area contributed by atoms with Crippen molar-refractivity contribution in [2.45, 2.75) is 24.7 Å². The minimum atomic E-state index is -0.363. The van der Waals surface area contributed by atoms with E-state index < -0.39 is 0 Å². The fourth-order valence-electron chi connectivity index (χ4n) is 6.60. The number of hydrogen-bond donors (Lipinski definition) is 3. The zero-order chi connectivity index (χ0) is 27.1. The number of amidine groups is 4. The number of rotatable bonds is 0. The van der Waals surface area contributed by atoms with Gasteiger partial charge in [0.1, 0.15) is 35.7 Å². The third-order valence-electron chi connectivity index (χ3n) is 8.55. The fourth-order valence-corrected chi connectivity index (χ4v) is 6.60. The summed E-state index contributed by atoms with van der Waals surface area (Å²) in [7, 11) is 2.07. The van der Waals surface area contributed by atoms with E-state index >= 15 is 0 Å². The molecule has 5 heterocycles. The third kappa shape index (κ3) is 3.27. The van der Waals surface area contributed by atoms with Crippen molar-refractivity contribution in [2.75, 3.05) is 7.05 Å². The van der Waals surface area contributed by atoms with E-state index in [0.717, 1.165) is 67.9 Å². The lowest BCUT2D eigenvalue weighted by molar-refractivity contribution is 0.404. The van der Waals surface area contributed by atoms with Crippen LogP contribution in [0.25, 0.3) is 0 Å². The molecule has 9 rings (SSSR count). The molecule has 4 aromatic rings. The van der Waals surface area contributed by atoms with Crippen LogP contribution in [0.15, 0.2) is 117 Å². The molecule has 0 spiro atoms. The highest BCUT2D eigenvalue weighted by molar-refractivity contribution is 6.09. The van der Waals surface area contributed by atoms with E-state index in [1.165, 1.54) is 0 Å². The molecule has 0 amide bonds. The molecule has 0 aliphatic carbocycles. The first kappa shape index (κ1) is 22.6. The van der Waals surface area contributed by atoms with Gasteiger partial charge in [-0.1, -0.05) is 97.1 Å². The van der Waals surface area contributed by atoms with Gasteiger partial charge in [-0.05, 0) is 0 Å². The van der Waals surface area contributed by atoms with E-state index in [1.54, 1.807) is 0 Å². The Morgan fingerprint density at radius 1 is 0.512 bits per heavy atom. The number of nitrogens with one attached hydrogen (secondary N) is 3. The van der Waals surface area contributed by atoms with Crippen LogP contribution in [0.3, 0.4) is 0 Å². The Kier molecular flexibility index (Phi) is 4.61. The largest absolute Gasteiger partial charge is 0.346 e. The highest BCUT2D eigenvalue weighted by Gasteiger charge is 2.38. The van der Waals surface area contributed by atoms with Gasteiger partial charge in [-0.15, -0.1) is 0 Å². The van der Waals surface area contributed by atoms with E-state index in [9.17, 15) is 0 Å². The summed E-state index contributed by atoms with van der Waals surface area (Å²) in [5.41, 5.74) is 8.76. The van der Waals surface area contributed by atoms with Crippen molar-refractivity contribution in [1.29, 1.82) is 0 Å². The lowest BCUT2D eigenvalue weighted by Crippen LogP contribution is -2.36. The average Bonchev–Trinajstić information content (AvgIpc) is 3.72. The van der Waals surface area contributed by atoms with E-state index in [4.69, 9.17) is 20.0 Å². The first-order valence-electron chi connectivity index (χ1n) is 13.9. The van der Waals surface area contributed by atoms with Gasteiger partial charge in [0, 0.05) is 51.6 Å². The van der Waals surface area contributed by atoms with Crippen LogP contribution in [0, 0.1) is 0 Å². The summed E-state index contributed by atoms with van der Waals surface area (Å²) in [6.07, 6.45) is -1.04. The van der Waals surface area contributed by atoms with E-state index in [1.807, 2.05) is 0 Å². The van der Waals surface area contributed by atoms with Crippen LogP contribution in [0.1, 0.15) is 69.2 Å². The van der Waals surface area contributed by atoms with Gasteiger partial charge in [0.2, 0.25) is 0 Å². The van der Waals surface area contributed by atoms with Crippen LogP contribution in [0.2, 0.25) is 0 Å². The molecule has 3 N–H and O–H groups in total. The summed E-state index contributed by atoms with van der Waals surface area (Å²) < 4.78 is 0. The van der Waals surface area contributed by atoms with Crippen LogP contribution in [0.5, 0.6) is 0 Å². The Morgan fingerprint density at radius 3 is 1.80 bits per heavy atom. The Labute approximate surface area is 237 Å². The molecule has 41 heavy (non-hydrogen) atoms. The summed E-state index contributed by atoms with van der Waals surface area (Å²) >= 11 is 0. The van der Waals surface area contributed by atoms with Gasteiger partial charge in [-0.2, -0.15) is 0 Å². The van der Waals surface area contributed by atoms with E-state index in [2.05, 4.69) is 125 Å². The summed E-state index contributed by atoms with van der Waals surface area (Å²) in [6.45, 7) is 0. The highest BCUT2D eigenvalue weighted by Crippen LogP contribution is 2.39. The molecule has 5 aliphatic heterocycles. The number of aliphatic imine (C=N–C) groups is 4. The van der Waals surface area contributed by atoms with Crippen molar-refractivity contribution in [1.82, 2.24) is 20.9 Å². The number of fused-ring (bicyclic) bond motifs is 19. The second-order valence-corrected chi connectivity index (χ2v) is 10.9. The molecule has 0 fully saturated rings. The molecule has 0 radical (unpaired) electrons. The van der Waals surface area contributed by atoms with Crippen molar-refractivity contribution in [2.24, 2.45) is 20.0 Å². The van der Waals surface area contributed by atoms with E-state index in [-0.39, 0.29) is 24.7 Å². The normalized spacial score (nSPS) is 24.4. The monoisotopic (exact) mass is 534 g/mol. The molecule has 8 bridgehead atoms. The van der Waals surface area contributed by atoms with Crippen LogP contribution < -0.4 is 16.0 Å². The fraction of sp³-hybridized carbons (Fsp3) is 0.152. The van der Waals surface area contributed by atoms with Gasteiger partial charge in [0.15, 0.2) is 12.3 Å². The van der Waals surface area contributed by atoms with Crippen LogP contribution >= 0.6 is 0 Å². The zero-order valence-electron chi connectivity index (χ0n) is 22.3. The lowest BCUT2D eigenvalue weighted by atomic mass is 10.1. The van der Waals surface area contributed by atoms with Gasteiger partial charge in [-0.25, -0.2) is 20.0 Å². The Bertz CT molecular complexity index is 1890. The van der Waals surface area contributed by atoms with Gasteiger partial charge < -0.3 is 20.9 Å². The molecule has 0 saturated carbocycles. The molecule has 0 saturated heterocycles. The Hall–Kier alpha value is -5.24. The summed E-state index contributed by atoms with van der Waals surface area (Å²) in [5.74, 6) is 3.39. The molecule has 4 aromatic carbocycles. The van der Waals surface area contributed by atoms with Gasteiger partial charge in [-0.3, -0.25) is 0 Å². The molecular formula is C33H26N8. The predicted molar refractivity (Wildman–Crippen MR) is 160 cm³/mol. The molecular weight excluding hydrogens is 508 g/mol. The highest BCUT2D eigenvalue weighted by atomic mass is 15.3. The number of hydrogen-bond acceptors (Lipinski definition) is 8. The maximum atomic E-state index is 5.31. The van der Waals surface area contributed by atoms with Crippen molar-refractivity contribution in [3.8, 4) is 0 Å².